The van der Waals surface area contributed by atoms with Gasteiger partial charge in [-0.05, 0) is 118 Å². The van der Waals surface area contributed by atoms with Crippen molar-refractivity contribution in [2.24, 2.45) is 5.92 Å². The molecule has 0 fully saturated rings. The maximum atomic E-state index is 6.43. The minimum atomic E-state index is 0.0610. The summed E-state index contributed by atoms with van der Waals surface area (Å²) >= 11 is 0. The number of fused-ring (bicyclic) bond motifs is 12. The summed E-state index contributed by atoms with van der Waals surface area (Å²) in [6, 6.07) is 57.7. The predicted octanol–water partition coefficient (Wildman–Crippen LogP) is 13.3. The van der Waals surface area contributed by atoms with E-state index in [1.165, 1.54) is 77.5 Å². The lowest BCUT2D eigenvalue weighted by Gasteiger charge is -2.31. The zero-order valence-corrected chi connectivity index (χ0v) is 30.2. The van der Waals surface area contributed by atoms with Gasteiger partial charge in [0.25, 0.3) is 0 Å². The molecular formula is C51H36N2O. The van der Waals surface area contributed by atoms with E-state index >= 15 is 0 Å². The van der Waals surface area contributed by atoms with Crippen LogP contribution >= 0.6 is 0 Å². The summed E-state index contributed by atoms with van der Waals surface area (Å²) in [6.07, 6.45) is 3.53. The van der Waals surface area contributed by atoms with E-state index < -0.39 is 0 Å². The van der Waals surface area contributed by atoms with Gasteiger partial charge >= 0.3 is 0 Å². The third kappa shape index (κ3) is 4.01. The third-order valence-corrected chi connectivity index (χ3v) is 12.6. The molecule has 0 N–H and O–H groups in total. The molecule has 3 heterocycles. The van der Waals surface area contributed by atoms with Crippen LogP contribution in [0.1, 0.15) is 36.2 Å². The summed E-state index contributed by atoms with van der Waals surface area (Å²) in [7, 11) is 0. The van der Waals surface area contributed by atoms with E-state index in [1.807, 2.05) is 6.07 Å². The van der Waals surface area contributed by atoms with Crippen LogP contribution in [0.3, 0.4) is 0 Å². The summed E-state index contributed by atoms with van der Waals surface area (Å²) < 4.78 is 11.4. The van der Waals surface area contributed by atoms with Crippen LogP contribution < -0.4 is 0 Å². The Morgan fingerprint density at radius 2 is 1.15 bits per heavy atom. The average molecular weight is 693 g/mol. The molecule has 3 nitrogen and oxygen atoms in total. The van der Waals surface area contributed by atoms with Gasteiger partial charge in [-0.15, -0.1) is 0 Å². The Morgan fingerprint density at radius 3 is 1.93 bits per heavy atom. The minimum Gasteiger partial charge on any atom is -0.456 e. The average Bonchev–Trinajstić information content (AvgIpc) is 3.91. The van der Waals surface area contributed by atoms with Crippen molar-refractivity contribution in [3.05, 3.63) is 180 Å². The quantitative estimate of drug-likeness (QED) is 0.181. The number of furan rings is 1. The lowest BCUT2D eigenvalue weighted by atomic mass is 9.73. The van der Waals surface area contributed by atoms with Crippen molar-refractivity contribution >= 4 is 66.3 Å². The SMILES string of the molecule is CC1(C)c2ccccc2C2=Cc3c(n(-c4ccccc4)c4ccc(-c5ccc6c(c5)c5cc7oc8ccccc8c7cc5n6-c5ccccc5)cc34)CC21. The van der Waals surface area contributed by atoms with Gasteiger partial charge in [0.2, 0.25) is 0 Å². The number of allylic oxidation sites excluding steroid dienone is 1. The first-order valence-corrected chi connectivity index (χ1v) is 19.0. The molecule has 256 valence electrons. The van der Waals surface area contributed by atoms with E-state index in [-0.39, 0.29) is 5.41 Å². The Bertz CT molecular complexity index is 3210. The highest BCUT2D eigenvalue weighted by Crippen LogP contribution is 2.55. The Kier molecular flexibility index (Phi) is 5.96. The molecule has 2 aliphatic rings. The molecule has 3 aromatic heterocycles. The van der Waals surface area contributed by atoms with E-state index in [4.69, 9.17) is 4.42 Å². The van der Waals surface area contributed by atoms with Crippen LogP contribution in [0.25, 0.3) is 88.8 Å². The standard InChI is InChI=1S/C51H36N2O/c1-51(2)43-19-11-9-17-35(43)37-27-40-38-25-31(21-23-45(38)53(48(40)30-44(37)51)34-15-7-4-8-16-34)32-22-24-46-39(26-32)41-29-50-42(36-18-10-12-20-49(36)54-50)28-47(41)52(46)33-13-5-3-6-14-33/h3-29,44H,30H2,1-2H3. The van der Waals surface area contributed by atoms with Crippen molar-refractivity contribution in [1.29, 1.82) is 0 Å². The third-order valence-electron chi connectivity index (χ3n) is 12.6. The molecule has 0 amide bonds. The van der Waals surface area contributed by atoms with Gasteiger partial charge in [0, 0.05) is 49.6 Å². The van der Waals surface area contributed by atoms with Crippen molar-refractivity contribution in [2.45, 2.75) is 25.7 Å². The number of aromatic nitrogens is 2. The summed E-state index contributed by atoms with van der Waals surface area (Å²) in [5.74, 6) is 0.427. The van der Waals surface area contributed by atoms with E-state index in [0.717, 1.165) is 34.0 Å². The van der Waals surface area contributed by atoms with Crippen LogP contribution in [0.4, 0.5) is 0 Å². The fraction of sp³-hybridized carbons (Fsp3) is 0.0980. The van der Waals surface area contributed by atoms with Gasteiger partial charge in [-0.1, -0.05) is 105 Å². The molecule has 0 saturated carbocycles. The number of rotatable bonds is 3. The Labute approximate surface area is 313 Å². The first-order valence-electron chi connectivity index (χ1n) is 19.0. The molecule has 1 atom stereocenters. The molecule has 10 aromatic rings. The van der Waals surface area contributed by atoms with Crippen molar-refractivity contribution < 1.29 is 4.42 Å². The molecule has 3 heteroatoms. The molecular weight excluding hydrogens is 657 g/mol. The van der Waals surface area contributed by atoms with Gasteiger partial charge in [0.05, 0.1) is 16.6 Å². The first kappa shape index (κ1) is 29.9. The zero-order chi connectivity index (χ0) is 35.7. The second-order valence-corrected chi connectivity index (χ2v) is 15.8. The van der Waals surface area contributed by atoms with E-state index in [9.17, 15) is 0 Å². The fourth-order valence-corrected chi connectivity index (χ4v) is 10.0. The maximum Gasteiger partial charge on any atom is 0.136 e. The van der Waals surface area contributed by atoms with Crippen LogP contribution in [0.5, 0.6) is 0 Å². The Balaban J connectivity index is 1.09. The van der Waals surface area contributed by atoms with Crippen molar-refractivity contribution in [3.63, 3.8) is 0 Å². The highest BCUT2D eigenvalue weighted by molar-refractivity contribution is 6.17. The largest absolute Gasteiger partial charge is 0.456 e. The normalized spacial score (nSPS) is 16.0. The van der Waals surface area contributed by atoms with E-state index in [2.05, 4.69) is 181 Å². The molecule has 0 bridgehead atoms. The van der Waals surface area contributed by atoms with Gasteiger partial charge in [0.15, 0.2) is 0 Å². The lowest BCUT2D eigenvalue weighted by Crippen LogP contribution is -2.27. The van der Waals surface area contributed by atoms with Crippen LogP contribution in [-0.2, 0) is 11.8 Å². The first-order chi connectivity index (χ1) is 26.5. The van der Waals surface area contributed by atoms with Crippen molar-refractivity contribution in [1.82, 2.24) is 9.13 Å². The topological polar surface area (TPSA) is 23.0 Å². The van der Waals surface area contributed by atoms with Gasteiger partial charge in [0.1, 0.15) is 11.2 Å². The number of nitrogens with zero attached hydrogens (tertiary/aromatic N) is 2. The highest BCUT2D eigenvalue weighted by Gasteiger charge is 2.45. The smallest absolute Gasteiger partial charge is 0.136 e. The highest BCUT2D eigenvalue weighted by atomic mass is 16.3. The summed E-state index contributed by atoms with van der Waals surface area (Å²) in [6.45, 7) is 4.86. The molecule has 7 aromatic carbocycles. The number of hydrogen-bond donors (Lipinski definition) is 0. The Morgan fingerprint density at radius 1 is 0.519 bits per heavy atom. The summed E-state index contributed by atoms with van der Waals surface area (Å²) in [5.41, 5.74) is 17.4. The molecule has 54 heavy (non-hydrogen) atoms. The molecule has 0 spiro atoms. The van der Waals surface area contributed by atoms with Gasteiger partial charge in [-0.2, -0.15) is 0 Å². The van der Waals surface area contributed by atoms with Gasteiger partial charge in [-0.3, -0.25) is 0 Å². The molecule has 2 aliphatic carbocycles. The van der Waals surface area contributed by atoms with E-state index in [1.54, 1.807) is 0 Å². The number of para-hydroxylation sites is 3. The molecule has 1 unspecified atom stereocenters. The molecule has 0 saturated heterocycles. The summed E-state index contributed by atoms with van der Waals surface area (Å²) in [4.78, 5) is 0. The monoisotopic (exact) mass is 692 g/mol. The Hall–Kier alpha value is -6.58. The molecule has 0 radical (unpaired) electrons. The van der Waals surface area contributed by atoms with Crippen LogP contribution in [0.2, 0.25) is 0 Å². The van der Waals surface area contributed by atoms with Crippen molar-refractivity contribution in [2.75, 3.05) is 0 Å². The van der Waals surface area contributed by atoms with E-state index in [0.29, 0.717) is 5.92 Å². The number of hydrogen-bond acceptors (Lipinski definition) is 1. The predicted molar refractivity (Wildman–Crippen MR) is 225 cm³/mol. The zero-order valence-electron chi connectivity index (χ0n) is 30.2. The molecule has 0 aliphatic heterocycles. The minimum absolute atomic E-state index is 0.0610. The van der Waals surface area contributed by atoms with Crippen LogP contribution in [-0.4, -0.2) is 9.13 Å². The summed E-state index contributed by atoms with van der Waals surface area (Å²) in [5, 5.41) is 5.99. The lowest BCUT2D eigenvalue weighted by molar-refractivity contribution is 0.405. The fourth-order valence-electron chi connectivity index (χ4n) is 10.0. The second kappa shape index (κ2) is 10.7. The van der Waals surface area contributed by atoms with Crippen molar-refractivity contribution in [3.8, 4) is 22.5 Å². The van der Waals surface area contributed by atoms with Crippen LogP contribution in [0.15, 0.2) is 162 Å². The number of benzene rings is 7. The second-order valence-electron chi connectivity index (χ2n) is 15.8. The maximum absolute atomic E-state index is 6.43. The van der Waals surface area contributed by atoms with Gasteiger partial charge < -0.3 is 13.6 Å². The van der Waals surface area contributed by atoms with Crippen LogP contribution in [0, 0.1) is 5.92 Å². The van der Waals surface area contributed by atoms with Gasteiger partial charge in [-0.25, -0.2) is 0 Å². The molecule has 12 rings (SSSR count).